The van der Waals surface area contributed by atoms with Gasteiger partial charge in [-0.15, -0.1) is 0 Å². The van der Waals surface area contributed by atoms with Crippen molar-refractivity contribution >= 4 is 7.82 Å². The van der Waals surface area contributed by atoms with Crippen molar-refractivity contribution in [2.75, 3.05) is 6.61 Å². The molecule has 4 N–H and O–H groups in total. The number of hydrogen-bond donors (Lipinski definition) is 3. The number of benzene rings is 1. The van der Waals surface area contributed by atoms with Gasteiger partial charge in [0.15, 0.2) is 0 Å². The fourth-order valence-corrected chi connectivity index (χ4v) is 5.39. The highest BCUT2D eigenvalue weighted by molar-refractivity contribution is 7.46. The maximum Gasteiger partial charge on any atom is 0.469 e. The first-order valence-electron chi connectivity index (χ1n) is 11.1. The highest BCUT2D eigenvalue weighted by Gasteiger charge is 2.35. The number of nitrogens with two attached hydrogens (primary N) is 1. The molecule has 2 aliphatic rings. The highest BCUT2D eigenvalue weighted by atomic mass is 31.2. The molecule has 1 fully saturated rings. The first-order valence-corrected chi connectivity index (χ1v) is 12.6. The van der Waals surface area contributed by atoms with Crippen LogP contribution in [0.15, 0.2) is 18.2 Å². The van der Waals surface area contributed by atoms with Crippen molar-refractivity contribution in [1.29, 1.82) is 0 Å². The largest absolute Gasteiger partial charge is 0.490 e. The van der Waals surface area contributed by atoms with E-state index >= 15 is 0 Å². The first-order chi connectivity index (χ1) is 13.8. The minimum atomic E-state index is -4.51. The maximum absolute atomic E-state index is 11.0. The first kappa shape index (κ1) is 23.7. The third-order valence-corrected chi connectivity index (χ3v) is 7.55. The second kappa shape index (κ2) is 8.91. The standard InChI is InChI=1S/C23H38NO5P/c1-22(2,3)18-8-11-20(12-9-18)29-21-10-6-16-13-19(7-5-17(16)14-21)23(4,24)15-28-30(25,26)27/h6,10,14,18-20H,5,7-9,11-13,15,24H2,1-4H3,(H2,25,26,27)/t18-,19-,20-,23-/m0/s1. The Kier molecular flexibility index (Phi) is 7.06. The summed E-state index contributed by atoms with van der Waals surface area (Å²) in [5, 5.41) is 0. The van der Waals surface area contributed by atoms with E-state index in [1.54, 1.807) is 0 Å². The molecular weight excluding hydrogens is 401 g/mol. The predicted molar refractivity (Wildman–Crippen MR) is 118 cm³/mol. The van der Waals surface area contributed by atoms with Gasteiger partial charge in [-0.3, -0.25) is 4.52 Å². The molecule has 1 aromatic rings. The van der Waals surface area contributed by atoms with Gasteiger partial charge in [0.2, 0.25) is 0 Å². The van der Waals surface area contributed by atoms with E-state index in [4.69, 9.17) is 20.3 Å². The SMILES string of the molecule is CC(C)(C)[C@H]1CC[C@H](Oc2ccc3c(c2)CC[C@H]([C@@](C)(N)COP(=O)(O)O)C3)CC1. The van der Waals surface area contributed by atoms with Crippen LogP contribution in [0.4, 0.5) is 0 Å². The Labute approximate surface area is 180 Å². The van der Waals surface area contributed by atoms with Gasteiger partial charge in [-0.1, -0.05) is 26.8 Å². The molecule has 0 amide bonds. The summed E-state index contributed by atoms with van der Waals surface area (Å²) in [6.45, 7) is 8.65. The Balaban J connectivity index is 1.57. The van der Waals surface area contributed by atoms with Crippen molar-refractivity contribution in [1.82, 2.24) is 0 Å². The van der Waals surface area contributed by atoms with E-state index in [1.165, 1.54) is 24.0 Å². The van der Waals surface area contributed by atoms with E-state index in [0.717, 1.165) is 43.8 Å². The summed E-state index contributed by atoms with van der Waals surface area (Å²) in [5.41, 5.74) is 8.47. The van der Waals surface area contributed by atoms with Crippen molar-refractivity contribution in [2.24, 2.45) is 23.0 Å². The minimum absolute atomic E-state index is 0.107. The molecule has 30 heavy (non-hydrogen) atoms. The number of hydrogen-bond acceptors (Lipinski definition) is 4. The average Bonchev–Trinajstić information content (AvgIpc) is 2.65. The minimum Gasteiger partial charge on any atom is -0.490 e. The molecule has 6 nitrogen and oxygen atoms in total. The molecular formula is C23H38NO5P. The quantitative estimate of drug-likeness (QED) is 0.560. The Bertz CT molecular complexity index is 774. The second-order valence-electron chi connectivity index (χ2n) is 10.6. The fourth-order valence-electron chi connectivity index (χ4n) is 4.95. The van der Waals surface area contributed by atoms with E-state index in [9.17, 15) is 4.57 Å². The van der Waals surface area contributed by atoms with Gasteiger partial charge in [0.05, 0.1) is 12.7 Å². The van der Waals surface area contributed by atoms with Crippen LogP contribution in [0.1, 0.15) is 70.9 Å². The maximum atomic E-state index is 11.0. The van der Waals surface area contributed by atoms with E-state index in [-0.39, 0.29) is 12.5 Å². The molecule has 0 unspecified atom stereocenters. The highest BCUT2D eigenvalue weighted by Crippen LogP contribution is 2.41. The summed E-state index contributed by atoms with van der Waals surface area (Å²) in [5.74, 6) is 1.83. The van der Waals surface area contributed by atoms with Gasteiger partial charge in [-0.25, -0.2) is 4.57 Å². The van der Waals surface area contributed by atoms with Gasteiger partial charge in [-0.05, 0) is 92.4 Å². The average molecular weight is 440 g/mol. The lowest BCUT2D eigenvalue weighted by Crippen LogP contribution is -2.50. The molecule has 0 heterocycles. The molecule has 1 aromatic carbocycles. The number of fused-ring (bicyclic) bond motifs is 1. The lowest BCUT2D eigenvalue weighted by Gasteiger charge is -2.38. The van der Waals surface area contributed by atoms with Gasteiger partial charge in [-0.2, -0.15) is 0 Å². The van der Waals surface area contributed by atoms with Crippen LogP contribution in [-0.2, 0) is 21.9 Å². The molecule has 0 radical (unpaired) electrons. The van der Waals surface area contributed by atoms with E-state index in [0.29, 0.717) is 11.5 Å². The predicted octanol–water partition coefficient (Wildman–Crippen LogP) is 4.60. The van der Waals surface area contributed by atoms with Crippen LogP contribution >= 0.6 is 7.82 Å². The zero-order valence-electron chi connectivity index (χ0n) is 18.8. The lowest BCUT2D eigenvalue weighted by atomic mass is 9.72. The molecule has 3 rings (SSSR count). The van der Waals surface area contributed by atoms with Crippen LogP contribution in [0, 0.1) is 17.3 Å². The molecule has 170 valence electrons. The normalized spacial score (nSPS) is 27.2. The zero-order chi connectivity index (χ0) is 22.2. The molecule has 2 aliphatic carbocycles. The lowest BCUT2D eigenvalue weighted by molar-refractivity contribution is 0.0880. The Morgan fingerprint density at radius 2 is 1.70 bits per heavy atom. The topological polar surface area (TPSA) is 102 Å². The van der Waals surface area contributed by atoms with E-state index in [1.807, 2.05) is 6.92 Å². The second-order valence-corrected chi connectivity index (χ2v) is 11.8. The van der Waals surface area contributed by atoms with Crippen LogP contribution in [0.25, 0.3) is 0 Å². The molecule has 0 spiro atoms. The zero-order valence-corrected chi connectivity index (χ0v) is 19.7. The van der Waals surface area contributed by atoms with Crippen molar-refractivity contribution in [2.45, 2.75) is 84.3 Å². The van der Waals surface area contributed by atoms with Gasteiger partial charge in [0, 0.05) is 5.54 Å². The molecule has 0 bridgehead atoms. The van der Waals surface area contributed by atoms with Crippen LogP contribution in [-0.4, -0.2) is 28.0 Å². The third kappa shape index (κ3) is 6.30. The smallest absolute Gasteiger partial charge is 0.469 e. The number of aryl methyl sites for hydroxylation is 1. The van der Waals surface area contributed by atoms with Crippen molar-refractivity contribution in [3.05, 3.63) is 29.3 Å². The summed E-state index contributed by atoms with van der Waals surface area (Å²) >= 11 is 0. The van der Waals surface area contributed by atoms with Gasteiger partial charge in [0.25, 0.3) is 0 Å². The summed E-state index contributed by atoms with van der Waals surface area (Å²) in [4.78, 5) is 18.0. The third-order valence-electron chi connectivity index (χ3n) is 7.08. The van der Waals surface area contributed by atoms with E-state index in [2.05, 4.69) is 43.5 Å². The summed E-state index contributed by atoms with van der Waals surface area (Å²) < 4.78 is 22.0. The number of phosphoric acid groups is 1. The summed E-state index contributed by atoms with van der Waals surface area (Å²) in [6.07, 6.45) is 7.53. The Morgan fingerprint density at radius 1 is 1.03 bits per heavy atom. The number of phosphoric ester groups is 1. The molecule has 7 heteroatoms. The summed E-state index contributed by atoms with van der Waals surface area (Å²) in [6, 6.07) is 6.34. The molecule has 1 saturated carbocycles. The molecule has 0 aromatic heterocycles. The Morgan fingerprint density at radius 3 is 2.30 bits per heavy atom. The van der Waals surface area contributed by atoms with Gasteiger partial charge >= 0.3 is 7.82 Å². The molecule has 0 saturated heterocycles. The van der Waals surface area contributed by atoms with Crippen molar-refractivity contribution in [3.63, 3.8) is 0 Å². The van der Waals surface area contributed by atoms with E-state index < -0.39 is 13.4 Å². The number of rotatable bonds is 6. The van der Waals surface area contributed by atoms with Crippen LogP contribution in [0.2, 0.25) is 0 Å². The van der Waals surface area contributed by atoms with Gasteiger partial charge in [0.1, 0.15) is 5.75 Å². The van der Waals surface area contributed by atoms with Crippen LogP contribution in [0.3, 0.4) is 0 Å². The number of ether oxygens (including phenoxy) is 1. The van der Waals surface area contributed by atoms with Crippen molar-refractivity contribution in [3.8, 4) is 5.75 Å². The molecule has 2 atom stereocenters. The van der Waals surface area contributed by atoms with Crippen LogP contribution in [0.5, 0.6) is 5.75 Å². The molecule has 0 aliphatic heterocycles. The fraction of sp³-hybridized carbons (Fsp3) is 0.739. The van der Waals surface area contributed by atoms with Gasteiger partial charge < -0.3 is 20.3 Å². The summed E-state index contributed by atoms with van der Waals surface area (Å²) in [7, 11) is -4.51. The Hall–Kier alpha value is -0.910. The monoisotopic (exact) mass is 439 g/mol. The van der Waals surface area contributed by atoms with Crippen molar-refractivity contribution < 1.29 is 23.6 Å². The van der Waals surface area contributed by atoms with Crippen LogP contribution < -0.4 is 10.5 Å².